The minimum absolute atomic E-state index is 0.364. The largest absolute Gasteiger partial charge is 0.497 e. The van der Waals surface area contributed by atoms with Crippen LogP contribution in [0.25, 0.3) is 10.2 Å². The lowest BCUT2D eigenvalue weighted by molar-refractivity contribution is -0.133. The van der Waals surface area contributed by atoms with Crippen LogP contribution in [-0.2, 0) is 9.59 Å². The number of fused-ring (bicyclic) bond motifs is 1. The highest BCUT2D eigenvalue weighted by molar-refractivity contribution is 7.22. The van der Waals surface area contributed by atoms with Crippen molar-refractivity contribution in [1.29, 1.82) is 0 Å². The third-order valence-corrected chi connectivity index (χ3v) is 4.33. The Balaban J connectivity index is 1.71. The van der Waals surface area contributed by atoms with E-state index >= 15 is 0 Å². The van der Waals surface area contributed by atoms with Crippen LogP contribution in [0.5, 0.6) is 11.5 Å². The second kappa shape index (κ2) is 7.18. The molecule has 7 nitrogen and oxygen atoms in total. The van der Waals surface area contributed by atoms with Gasteiger partial charge >= 0.3 is 11.8 Å². The quantitative estimate of drug-likeness (QED) is 0.701. The molecule has 3 aromatic rings. The highest BCUT2D eigenvalue weighted by Crippen LogP contribution is 2.29. The van der Waals surface area contributed by atoms with Crippen molar-refractivity contribution in [1.82, 2.24) is 4.98 Å². The molecule has 0 unspecified atom stereocenters. The number of thiazole rings is 1. The summed E-state index contributed by atoms with van der Waals surface area (Å²) < 4.78 is 11.2. The highest BCUT2D eigenvalue weighted by Gasteiger charge is 2.18. The Bertz CT molecular complexity index is 906. The number of nitrogens with zero attached hydrogens (tertiary/aromatic N) is 1. The molecule has 0 spiro atoms. The molecular weight excluding hydrogens is 342 g/mol. The van der Waals surface area contributed by atoms with Crippen LogP contribution in [0.2, 0.25) is 0 Å². The molecule has 128 valence electrons. The van der Waals surface area contributed by atoms with Gasteiger partial charge in [-0.2, -0.15) is 0 Å². The number of carbonyl (C=O) groups excluding carboxylic acids is 2. The average molecular weight is 357 g/mol. The van der Waals surface area contributed by atoms with E-state index in [1.165, 1.54) is 25.6 Å². The third kappa shape index (κ3) is 3.69. The Hall–Kier alpha value is -3.13. The molecule has 0 aliphatic carbocycles. The van der Waals surface area contributed by atoms with Crippen molar-refractivity contribution in [2.24, 2.45) is 0 Å². The summed E-state index contributed by atoms with van der Waals surface area (Å²) >= 11 is 1.30. The van der Waals surface area contributed by atoms with E-state index in [9.17, 15) is 9.59 Å². The number of anilines is 2. The standard InChI is InChI=1S/C17H15N3O4S/c1-23-10-7-8-11(13(9-10)24-2)18-15(21)16(22)20-17-19-12-5-3-4-6-14(12)25-17/h3-9H,1-2H3,(H,18,21)(H,19,20,22). The van der Waals surface area contributed by atoms with Crippen LogP contribution in [0.15, 0.2) is 42.5 Å². The topological polar surface area (TPSA) is 89.5 Å². The zero-order valence-corrected chi connectivity index (χ0v) is 14.3. The smallest absolute Gasteiger partial charge is 0.315 e. The van der Waals surface area contributed by atoms with E-state index in [2.05, 4.69) is 15.6 Å². The molecular formula is C17H15N3O4S. The fraction of sp³-hybridized carbons (Fsp3) is 0.118. The molecule has 1 heterocycles. The van der Waals surface area contributed by atoms with E-state index in [4.69, 9.17) is 9.47 Å². The predicted molar refractivity (Wildman–Crippen MR) is 96.4 cm³/mol. The zero-order chi connectivity index (χ0) is 17.8. The average Bonchev–Trinajstić information content (AvgIpc) is 3.04. The van der Waals surface area contributed by atoms with Gasteiger partial charge in [0.1, 0.15) is 11.5 Å². The summed E-state index contributed by atoms with van der Waals surface area (Å²) in [6.07, 6.45) is 0. The summed E-state index contributed by atoms with van der Waals surface area (Å²) in [7, 11) is 2.99. The van der Waals surface area contributed by atoms with E-state index < -0.39 is 11.8 Å². The lowest BCUT2D eigenvalue weighted by Crippen LogP contribution is -2.29. The summed E-state index contributed by atoms with van der Waals surface area (Å²) in [5, 5.41) is 5.38. The van der Waals surface area contributed by atoms with Crippen molar-refractivity contribution >= 4 is 44.2 Å². The van der Waals surface area contributed by atoms with Gasteiger partial charge < -0.3 is 14.8 Å². The number of rotatable bonds is 4. The fourth-order valence-corrected chi connectivity index (χ4v) is 3.02. The van der Waals surface area contributed by atoms with E-state index in [1.54, 1.807) is 18.2 Å². The Morgan fingerprint density at radius 2 is 1.76 bits per heavy atom. The van der Waals surface area contributed by atoms with Crippen LogP contribution in [0.1, 0.15) is 0 Å². The molecule has 0 fully saturated rings. The van der Waals surface area contributed by atoms with Crippen molar-refractivity contribution < 1.29 is 19.1 Å². The van der Waals surface area contributed by atoms with Gasteiger partial charge in [-0.1, -0.05) is 23.5 Å². The number of hydrogen-bond donors (Lipinski definition) is 2. The molecule has 0 bridgehead atoms. The van der Waals surface area contributed by atoms with E-state index in [0.717, 1.165) is 10.2 Å². The summed E-state index contributed by atoms with van der Waals surface area (Å²) in [5.74, 6) is -0.658. The van der Waals surface area contributed by atoms with Gasteiger partial charge in [0.25, 0.3) is 0 Å². The number of aromatic nitrogens is 1. The van der Waals surface area contributed by atoms with Gasteiger partial charge in [-0.05, 0) is 24.3 Å². The Morgan fingerprint density at radius 1 is 1.00 bits per heavy atom. The molecule has 0 saturated heterocycles. The van der Waals surface area contributed by atoms with Gasteiger partial charge in [-0.25, -0.2) is 4.98 Å². The van der Waals surface area contributed by atoms with Crippen LogP contribution in [-0.4, -0.2) is 31.0 Å². The van der Waals surface area contributed by atoms with Gasteiger partial charge in [-0.15, -0.1) is 0 Å². The normalized spacial score (nSPS) is 10.3. The summed E-state index contributed by atoms with van der Waals surface area (Å²) in [6.45, 7) is 0. The van der Waals surface area contributed by atoms with E-state index in [-0.39, 0.29) is 0 Å². The second-order valence-electron chi connectivity index (χ2n) is 4.96. The van der Waals surface area contributed by atoms with Gasteiger partial charge in [0, 0.05) is 6.07 Å². The fourth-order valence-electron chi connectivity index (χ4n) is 2.16. The van der Waals surface area contributed by atoms with Gasteiger partial charge in [0.2, 0.25) is 0 Å². The SMILES string of the molecule is COc1ccc(NC(=O)C(=O)Nc2nc3ccccc3s2)c(OC)c1. The van der Waals surface area contributed by atoms with E-state index in [0.29, 0.717) is 22.3 Å². The monoisotopic (exact) mass is 357 g/mol. The van der Waals surface area contributed by atoms with Crippen molar-refractivity contribution in [2.45, 2.75) is 0 Å². The Morgan fingerprint density at radius 3 is 2.48 bits per heavy atom. The minimum atomic E-state index is -0.817. The first-order valence-corrected chi connectivity index (χ1v) is 8.12. The molecule has 8 heteroatoms. The Labute approximate surface area is 147 Å². The number of methoxy groups -OCH3 is 2. The highest BCUT2D eigenvalue weighted by atomic mass is 32.1. The molecule has 2 amide bonds. The van der Waals surface area contributed by atoms with Crippen LogP contribution >= 0.6 is 11.3 Å². The first-order valence-electron chi connectivity index (χ1n) is 7.30. The number of hydrogen-bond acceptors (Lipinski definition) is 6. The van der Waals surface area contributed by atoms with Gasteiger partial charge in [-0.3, -0.25) is 14.9 Å². The maximum absolute atomic E-state index is 12.1. The molecule has 2 N–H and O–H groups in total. The molecule has 0 saturated carbocycles. The number of carbonyl (C=O) groups is 2. The van der Waals surface area contributed by atoms with Crippen molar-refractivity contribution in [2.75, 3.05) is 24.9 Å². The van der Waals surface area contributed by atoms with Crippen LogP contribution in [0, 0.1) is 0 Å². The van der Waals surface area contributed by atoms with E-state index in [1.807, 2.05) is 24.3 Å². The second-order valence-corrected chi connectivity index (χ2v) is 5.99. The van der Waals surface area contributed by atoms with Crippen molar-refractivity contribution in [3.05, 3.63) is 42.5 Å². The Kier molecular flexibility index (Phi) is 4.80. The molecule has 0 radical (unpaired) electrons. The number of para-hydroxylation sites is 1. The number of nitrogens with one attached hydrogen (secondary N) is 2. The summed E-state index contributed by atoms with van der Waals surface area (Å²) in [5.41, 5.74) is 1.13. The minimum Gasteiger partial charge on any atom is -0.497 e. The van der Waals surface area contributed by atoms with Crippen LogP contribution in [0.3, 0.4) is 0 Å². The molecule has 25 heavy (non-hydrogen) atoms. The number of amides is 2. The lowest BCUT2D eigenvalue weighted by Gasteiger charge is -2.11. The zero-order valence-electron chi connectivity index (χ0n) is 13.5. The number of benzene rings is 2. The lowest BCUT2D eigenvalue weighted by atomic mass is 10.2. The van der Waals surface area contributed by atoms with Crippen LogP contribution in [0.4, 0.5) is 10.8 Å². The predicted octanol–water partition coefficient (Wildman–Crippen LogP) is 2.89. The molecule has 3 rings (SSSR count). The summed E-state index contributed by atoms with van der Waals surface area (Å²) in [4.78, 5) is 28.5. The maximum atomic E-state index is 12.1. The molecule has 0 atom stereocenters. The molecule has 2 aromatic carbocycles. The first-order chi connectivity index (χ1) is 12.1. The number of ether oxygens (including phenoxy) is 2. The first kappa shape index (κ1) is 16.7. The summed E-state index contributed by atoms with van der Waals surface area (Å²) in [6, 6.07) is 12.3. The maximum Gasteiger partial charge on any atom is 0.315 e. The molecule has 1 aromatic heterocycles. The molecule has 0 aliphatic heterocycles. The molecule has 0 aliphatic rings. The van der Waals surface area contributed by atoms with Crippen molar-refractivity contribution in [3.8, 4) is 11.5 Å². The van der Waals surface area contributed by atoms with Gasteiger partial charge in [0.05, 0.1) is 30.1 Å². The van der Waals surface area contributed by atoms with Crippen LogP contribution < -0.4 is 20.1 Å². The van der Waals surface area contributed by atoms with Gasteiger partial charge in [0.15, 0.2) is 5.13 Å². The van der Waals surface area contributed by atoms with Crippen molar-refractivity contribution in [3.63, 3.8) is 0 Å². The third-order valence-electron chi connectivity index (χ3n) is 3.38.